The Morgan fingerprint density at radius 2 is 1.58 bits per heavy atom. The summed E-state index contributed by atoms with van der Waals surface area (Å²) in [6, 6.07) is 31.4. The Balaban J connectivity index is 1.32. The number of thiophene rings is 1. The first-order valence-corrected chi connectivity index (χ1v) is 12.3. The standard InChI is InChI=1S/C26H20N4OS2/c31-25(27-21-8-3-1-4-9-21)20-15-13-19(14-16-20)18-33-26-29-28-24(23-12-7-17-32-23)30(26)22-10-5-2-6-11-22/h1-17H,18H2,(H,27,31). The molecule has 5 nitrogen and oxygen atoms in total. The van der Waals surface area contributed by atoms with Gasteiger partial charge in [0.05, 0.1) is 4.88 Å². The fourth-order valence-electron chi connectivity index (χ4n) is 3.36. The number of aromatic nitrogens is 3. The SMILES string of the molecule is O=C(Nc1ccccc1)c1ccc(CSc2nnc(-c3cccs3)n2-c2ccccc2)cc1. The van der Waals surface area contributed by atoms with Crippen LogP contribution in [0.4, 0.5) is 5.69 Å². The summed E-state index contributed by atoms with van der Waals surface area (Å²) >= 11 is 3.27. The van der Waals surface area contributed by atoms with E-state index in [1.165, 1.54) is 0 Å². The van der Waals surface area contributed by atoms with Gasteiger partial charge in [-0.15, -0.1) is 21.5 Å². The molecule has 0 aliphatic rings. The van der Waals surface area contributed by atoms with Crippen molar-refractivity contribution in [3.05, 3.63) is 114 Å². The minimum atomic E-state index is -0.121. The second kappa shape index (κ2) is 9.85. The summed E-state index contributed by atoms with van der Waals surface area (Å²) < 4.78 is 2.10. The van der Waals surface area contributed by atoms with E-state index in [-0.39, 0.29) is 5.91 Å². The van der Waals surface area contributed by atoms with Crippen molar-refractivity contribution >= 4 is 34.7 Å². The van der Waals surface area contributed by atoms with E-state index < -0.39 is 0 Å². The maximum Gasteiger partial charge on any atom is 0.255 e. The molecule has 0 unspecified atom stereocenters. The van der Waals surface area contributed by atoms with Gasteiger partial charge in [-0.2, -0.15) is 0 Å². The van der Waals surface area contributed by atoms with Crippen molar-refractivity contribution in [2.75, 3.05) is 5.32 Å². The zero-order valence-corrected chi connectivity index (χ0v) is 19.2. The maximum absolute atomic E-state index is 12.5. The molecule has 0 aliphatic heterocycles. The average Bonchev–Trinajstić information content (AvgIpc) is 3.54. The predicted molar refractivity (Wildman–Crippen MR) is 135 cm³/mol. The fourth-order valence-corrected chi connectivity index (χ4v) is 4.97. The van der Waals surface area contributed by atoms with E-state index in [2.05, 4.69) is 38.3 Å². The zero-order valence-electron chi connectivity index (χ0n) is 17.6. The molecule has 0 aliphatic carbocycles. The number of hydrogen-bond acceptors (Lipinski definition) is 5. The molecule has 2 heterocycles. The summed E-state index contributed by atoms with van der Waals surface area (Å²) in [7, 11) is 0. The summed E-state index contributed by atoms with van der Waals surface area (Å²) in [5.41, 5.74) is 3.54. The van der Waals surface area contributed by atoms with Gasteiger partial charge in [0, 0.05) is 22.7 Å². The lowest BCUT2D eigenvalue weighted by atomic mass is 10.1. The van der Waals surface area contributed by atoms with Crippen LogP contribution in [0, 0.1) is 0 Å². The van der Waals surface area contributed by atoms with E-state index in [1.807, 2.05) is 84.2 Å². The van der Waals surface area contributed by atoms with Gasteiger partial charge in [0.15, 0.2) is 11.0 Å². The van der Waals surface area contributed by atoms with E-state index in [1.54, 1.807) is 23.1 Å². The van der Waals surface area contributed by atoms with Gasteiger partial charge < -0.3 is 5.32 Å². The van der Waals surface area contributed by atoms with E-state index >= 15 is 0 Å². The molecule has 7 heteroatoms. The maximum atomic E-state index is 12.5. The third kappa shape index (κ3) is 4.89. The van der Waals surface area contributed by atoms with Crippen LogP contribution in [0.15, 0.2) is 108 Å². The van der Waals surface area contributed by atoms with E-state index in [0.717, 1.165) is 38.5 Å². The van der Waals surface area contributed by atoms with Crippen LogP contribution < -0.4 is 5.32 Å². The largest absolute Gasteiger partial charge is 0.322 e. The van der Waals surface area contributed by atoms with Gasteiger partial charge in [-0.25, -0.2) is 0 Å². The molecule has 0 bridgehead atoms. The van der Waals surface area contributed by atoms with Crippen LogP contribution in [0.25, 0.3) is 16.4 Å². The Morgan fingerprint density at radius 3 is 2.27 bits per heavy atom. The van der Waals surface area contributed by atoms with Crippen molar-refractivity contribution in [1.29, 1.82) is 0 Å². The highest BCUT2D eigenvalue weighted by Crippen LogP contribution is 2.31. The average molecular weight is 469 g/mol. The van der Waals surface area contributed by atoms with Crippen molar-refractivity contribution in [2.24, 2.45) is 0 Å². The lowest BCUT2D eigenvalue weighted by Gasteiger charge is -2.10. The molecule has 0 saturated carbocycles. The third-order valence-electron chi connectivity index (χ3n) is 5.01. The summed E-state index contributed by atoms with van der Waals surface area (Å²) in [5, 5.41) is 14.7. The summed E-state index contributed by atoms with van der Waals surface area (Å²) in [5.74, 6) is 1.44. The smallest absolute Gasteiger partial charge is 0.255 e. The van der Waals surface area contributed by atoms with Crippen molar-refractivity contribution < 1.29 is 4.79 Å². The second-order valence-corrected chi connectivity index (χ2v) is 9.15. The quantitative estimate of drug-likeness (QED) is 0.276. The number of hydrogen-bond donors (Lipinski definition) is 1. The first-order chi connectivity index (χ1) is 16.3. The topological polar surface area (TPSA) is 59.8 Å². The van der Waals surface area contributed by atoms with E-state index in [0.29, 0.717) is 5.56 Å². The fraction of sp³-hybridized carbons (Fsp3) is 0.0385. The van der Waals surface area contributed by atoms with Crippen LogP contribution in [0.1, 0.15) is 15.9 Å². The normalized spacial score (nSPS) is 10.8. The number of para-hydroxylation sites is 2. The third-order valence-corrected chi connectivity index (χ3v) is 6.87. The molecule has 1 amide bonds. The highest BCUT2D eigenvalue weighted by Gasteiger charge is 2.17. The van der Waals surface area contributed by atoms with Gasteiger partial charge in [-0.05, 0) is 53.4 Å². The molecule has 33 heavy (non-hydrogen) atoms. The number of thioether (sulfide) groups is 1. The summed E-state index contributed by atoms with van der Waals surface area (Å²) in [4.78, 5) is 13.6. The molecular formula is C26H20N4OS2. The number of carbonyl (C=O) groups is 1. The van der Waals surface area contributed by atoms with Gasteiger partial charge in [0.25, 0.3) is 5.91 Å². The number of anilines is 1. The monoisotopic (exact) mass is 468 g/mol. The minimum absolute atomic E-state index is 0.121. The number of nitrogens with zero attached hydrogens (tertiary/aromatic N) is 3. The first-order valence-electron chi connectivity index (χ1n) is 10.4. The van der Waals surface area contributed by atoms with Crippen LogP contribution >= 0.6 is 23.1 Å². The van der Waals surface area contributed by atoms with Crippen LogP contribution in [0.2, 0.25) is 0 Å². The van der Waals surface area contributed by atoms with Gasteiger partial charge >= 0.3 is 0 Å². The van der Waals surface area contributed by atoms with E-state index in [4.69, 9.17) is 0 Å². The van der Waals surface area contributed by atoms with Gasteiger partial charge in [-0.1, -0.05) is 66.4 Å². The van der Waals surface area contributed by atoms with Crippen molar-refractivity contribution in [1.82, 2.24) is 14.8 Å². The van der Waals surface area contributed by atoms with Gasteiger partial charge in [-0.3, -0.25) is 9.36 Å². The Bertz CT molecular complexity index is 1330. The summed E-state index contributed by atoms with van der Waals surface area (Å²) in [6.45, 7) is 0. The molecule has 0 spiro atoms. The summed E-state index contributed by atoms with van der Waals surface area (Å²) in [6.07, 6.45) is 0. The van der Waals surface area contributed by atoms with Crippen molar-refractivity contribution in [3.63, 3.8) is 0 Å². The Hall–Kier alpha value is -3.68. The first kappa shape index (κ1) is 21.2. The number of benzene rings is 3. The van der Waals surface area contributed by atoms with Crippen molar-refractivity contribution in [2.45, 2.75) is 10.9 Å². The lowest BCUT2D eigenvalue weighted by molar-refractivity contribution is 0.102. The molecule has 2 aromatic heterocycles. The zero-order chi connectivity index (χ0) is 22.5. The lowest BCUT2D eigenvalue weighted by Crippen LogP contribution is -2.11. The van der Waals surface area contributed by atoms with Crippen LogP contribution in [-0.4, -0.2) is 20.7 Å². The molecule has 0 radical (unpaired) electrons. The molecule has 1 N–H and O–H groups in total. The Kier molecular flexibility index (Phi) is 6.32. The molecule has 5 rings (SSSR count). The minimum Gasteiger partial charge on any atom is -0.322 e. The molecule has 0 atom stereocenters. The molecular weight excluding hydrogens is 448 g/mol. The predicted octanol–water partition coefficient (Wildman–Crippen LogP) is 6.54. The number of nitrogens with one attached hydrogen (secondary N) is 1. The molecule has 3 aromatic carbocycles. The molecule has 5 aromatic rings. The van der Waals surface area contributed by atoms with Crippen LogP contribution in [-0.2, 0) is 5.75 Å². The molecule has 0 saturated heterocycles. The van der Waals surface area contributed by atoms with Gasteiger partial charge in [0.1, 0.15) is 0 Å². The number of amides is 1. The number of carbonyl (C=O) groups excluding carboxylic acids is 1. The van der Waals surface area contributed by atoms with E-state index in [9.17, 15) is 4.79 Å². The van der Waals surface area contributed by atoms with Crippen LogP contribution in [0.3, 0.4) is 0 Å². The molecule has 0 fully saturated rings. The van der Waals surface area contributed by atoms with Crippen molar-refractivity contribution in [3.8, 4) is 16.4 Å². The Morgan fingerprint density at radius 1 is 0.848 bits per heavy atom. The molecule has 162 valence electrons. The highest BCUT2D eigenvalue weighted by atomic mass is 32.2. The second-order valence-electron chi connectivity index (χ2n) is 7.26. The van der Waals surface area contributed by atoms with Crippen LogP contribution in [0.5, 0.6) is 0 Å². The Labute approximate surface area is 200 Å². The van der Waals surface area contributed by atoms with Gasteiger partial charge in [0.2, 0.25) is 0 Å². The highest BCUT2D eigenvalue weighted by molar-refractivity contribution is 7.98. The number of rotatable bonds is 7.